The van der Waals surface area contributed by atoms with Gasteiger partial charge in [-0.1, -0.05) is 0 Å². The quantitative estimate of drug-likeness (QED) is 0.549. The predicted octanol–water partition coefficient (Wildman–Crippen LogP) is 0.862. The van der Waals surface area contributed by atoms with Crippen molar-refractivity contribution in [2.45, 2.75) is 12.8 Å². The highest BCUT2D eigenvalue weighted by Crippen LogP contribution is 2.02. The van der Waals surface area contributed by atoms with Crippen LogP contribution < -0.4 is 0 Å². The van der Waals surface area contributed by atoms with Gasteiger partial charge in [0, 0.05) is 7.05 Å². The molecule has 0 saturated heterocycles. The van der Waals surface area contributed by atoms with Gasteiger partial charge in [0.2, 0.25) is 0 Å². The highest BCUT2D eigenvalue weighted by Gasteiger charge is 2.00. The lowest BCUT2D eigenvalue weighted by Gasteiger charge is -1.81. The minimum atomic E-state index is 0.444. The van der Waals surface area contributed by atoms with Crippen molar-refractivity contribution in [1.82, 2.24) is 15.0 Å². The molecule has 0 saturated carbocycles. The Kier molecular flexibility index (Phi) is 1.71. The maximum Gasteiger partial charge on any atom is 0.100 e. The Morgan fingerprint density at radius 2 is 2.22 bits per heavy atom. The molecule has 1 rings (SSSR count). The van der Waals surface area contributed by atoms with Crippen LogP contribution in [0.25, 0.3) is 0 Å². The molecule has 0 spiro atoms. The topological polar surface area (TPSA) is 30.7 Å². The molecule has 1 aromatic rings. The van der Waals surface area contributed by atoms with Crippen LogP contribution in [0.3, 0.4) is 0 Å². The second kappa shape index (κ2) is 2.35. The number of hydrogen-bond acceptors (Lipinski definition) is 2. The van der Waals surface area contributed by atoms with Gasteiger partial charge in [0.15, 0.2) is 0 Å². The molecule has 1 heterocycles. The average molecular weight is 146 g/mol. The van der Waals surface area contributed by atoms with E-state index in [0.717, 1.165) is 11.4 Å². The zero-order chi connectivity index (χ0) is 6.85. The third-order valence-corrected chi connectivity index (χ3v) is 1.36. The fourth-order valence-electron chi connectivity index (χ4n) is 0.668. The minimum Gasteiger partial charge on any atom is -0.187 e. The number of aryl methyl sites for hydroxylation is 2. The summed E-state index contributed by atoms with van der Waals surface area (Å²) in [5, 5.41) is 8.01. The molecule has 0 unspecified atom stereocenters. The zero-order valence-corrected chi connectivity index (χ0v) is 6.18. The molecule has 0 bridgehead atoms. The van der Waals surface area contributed by atoms with E-state index in [1.807, 2.05) is 6.92 Å². The predicted molar refractivity (Wildman–Crippen MR) is 35.3 cm³/mol. The molecule has 0 atom stereocenters. The van der Waals surface area contributed by atoms with Crippen LogP contribution in [-0.2, 0) is 12.9 Å². The Morgan fingerprint density at radius 3 is 2.44 bits per heavy atom. The highest BCUT2D eigenvalue weighted by atomic mass is 35.5. The number of hydrogen-bond donors (Lipinski definition) is 0. The molecule has 1 aromatic heterocycles. The molecule has 0 aliphatic heterocycles. The van der Waals surface area contributed by atoms with E-state index in [1.165, 1.54) is 4.80 Å². The lowest BCUT2D eigenvalue weighted by atomic mass is 10.4. The number of alkyl halides is 1. The second-order valence-electron chi connectivity index (χ2n) is 1.86. The summed E-state index contributed by atoms with van der Waals surface area (Å²) in [6, 6.07) is 0. The van der Waals surface area contributed by atoms with E-state index in [0.29, 0.717) is 5.88 Å². The standard InChI is InChI=1S/C5H8ClN3/c1-4-5(3-6)8-9(2)7-4/h3H2,1-2H3. The summed E-state index contributed by atoms with van der Waals surface area (Å²) in [6.07, 6.45) is 0. The van der Waals surface area contributed by atoms with Crippen molar-refractivity contribution in [3.05, 3.63) is 11.4 Å². The Hall–Kier alpha value is -0.570. The van der Waals surface area contributed by atoms with Gasteiger partial charge < -0.3 is 0 Å². The molecule has 0 radical (unpaired) electrons. The lowest BCUT2D eigenvalue weighted by Crippen LogP contribution is -1.92. The highest BCUT2D eigenvalue weighted by molar-refractivity contribution is 6.16. The van der Waals surface area contributed by atoms with E-state index in [2.05, 4.69) is 10.2 Å². The normalized spacial score (nSPS) is 10.1. The van der Waals surface area contributed by atoms with Gasteiger partial charge in [-0.3, -0.25) is 0 Å². The lowest BCUT2D eigenvalue weighted by molar-refractivity contribution is 0.645. The van der Waals surface area contributed by atoms with E-state index < -0.39 is 0 Å². The van der Waals surface area contributed by atoms with Crippen LogP contribution in [0.2, 0.25) is 0 Å². The van der Waals surface area contributed by atoms with Crippen LogP contribution in [0.4, 0.5) is 0 Å². The first-order chi connectivity index (χ1) is 4.24. The minimum absolute atomic E-state index is 0.444. The van der Waals surface area contributed by atoms with Gasteiger partial charge in [-0.2, -0.15) is 15.0 Å². The SMILES string of the molecule is Cc1nn(C)nc1CCl. The molecule has 0 aliphatic carbocycles. The van der Waals surface area contributed by atoms with E-state index in [-0.39, 0.29) is 0 Å². The molecule has 0 amide bonds. The molecule has 3 nitrogen and oxygen atoms in total. The van der Waals surface area contributed by atoms with E-state index in [4.69, 9.17) is 11.6 Å². The van der Waals surface area contributed by atoms with Gasteiger partial charge in [-0.05, 0) is 6.92 Å². The van der Waals surface area contributed by atoms with Crippen LogP contribution in [-0.4, -0.2) is 15.0 Å². The van der Waals surface area contributed by atoms with Crippen molar-refractivity contribution in [1.29, 1.82) is 0 Å². The van der Waals surface area contributed by atoms with Crippen LogP contribution in [0.5, 0.6) is 0 Å². The fraction of sp³-hybridized carbons (Fsp3) is 0.600. The molecule has 9 heavy (non-hydrogen) atoms. The van der Waals surface area contributed by atoms with Crippen molar-refractivity contribution in [3.63, 3.8) is 0 Å². The van der Waals surface area contributed by atoms with Crippen LogP contribution in [0, 0.1) is 6.92 Å². The Bertz CT molecular complexity index is 206. The maximum atomic E-state index is 5.53. The van der Waals surface area contributed by atoms with Crippen molar-refractivity contribution in [2.75, 3.05) is 0 Å². The van der Waals surface area contributed by atoms with Gasteiger partial charge in [0.25, 0.3) is 0 Å². The summed E-state index contributed by atoms with van der Waals surface area (Å²) in [5.74, 6) is 0.444. The van der Waals surface area contributed by atoms with Crippen LogP contribution in [0.1, 0.15) is 11.4 Å². The van der Waals surface area contributed by atoms with Crippen molar-refractivity contribution in [3.8, 4) is 0 Å². The van der Waals surface area contributed by atoms with Gasteiger partial charge in [0.05, 0.1) is 11.6 Å². The number of nitrogens with zero attached hydrogens (tertiary/aromatic N) is 3. The van der Waals surface area contributed by atoms with Crippen molar-refractivity contribution < 1.29 is 0 Å². The first kappa shape index (κ1) is 6.55. The summed E-state index contributed by atoms with van der Waals surface area (Å²) in [6.45, 7) is 1.89. The summed E-state index contributed by atoms with van der Waals surface area (Å²) >= 11 is 5.53. The molecule has 50 valence electrons. The molecular formula is C5H8ClN3. The summed E-state index contributed by atoms with van der Waals surface area (Å²) in [7, 11) is 1.78. The largest absolute Gasteiger partial charge is 0.187 e. The molecular weight excluding hydrogens is 138 g/mol. The first-order valence-corrected chi connectivity index (χ1v) is 3.20. The molecule has 0 aliphatic rings. The monoisotopic (exact) mass is 145 g/mol. The molecule has 0 fully saturated rings. The van der Waals surface area contributed by atoms with Gasteiger partial charge >= 0.3 is 0 Å². The van der Waals surface area contributed by atoms with Gasteiger partial charge in [0.1, 0.15) is 5.69 Å². The summed E-state index contributed by atoms with van der Waals surface area (Å²) in [4.78, 5) is 1.52. The smallest absolute Gasteiger partial charge is 0.100 e. The Labute approximate surface area is 58.6 Å². The van der Waals surface area contributed by atoms with Crippen molar-refractivity contribution >= 4 is 11.6 Å². The molecule has 0 aromatic carbocycles. The first-order valence-electron chi connectivity index (χ1n) is 2.67. The maximum absolute atomic E-state index is 5.53. The summed E-state index contributed by atoms with van der Waals surface area (Å²) < 4.78 is 0. The third-order valence-electron chi connectivity index (χ3n) is 1.10. The number of aromatic nitrogens is 3. The zero-order valence-electron chi connectivity index (χ0n) is 5.43. The molecule has 4 heteroatoms. The van der Waals surface area contributed by atoms with Gasteiger partial charge in [-0.25, -0.2) is 0 Å². The number of halogens is 1. The summed E-state index contributed by atoms with van der Waals surface area (Å²) in [5.41, 5.74) is 1.77. The van der Waals surface area contributed by atoms with E-state index >= 15 is 0 Å². The molecule has 0 N–H and O–H groups in total. The Morgan fingerprint density at radius 1 is 1.56 bits per heavy atom. The Balaban J connectivity index is 3.01. The van der Waals surface area contributed by atoms with Crippen LogP contribution >= 0.6 is 11.6 Å². The fourth-order valence-corrected chi connectivity index (χ4v) is 0.914. The van der Waals surface area contributed by atoms with Crippen molar-refractivity contribution in [2.24, 2.45) is 7.05 Å². The van der Waals surface area contributed by atoms with E-state index in [9.17, 15) is 0 Å². The van der Waals surface area contributed by atoms with Gasteiger partial charge in [-0.15, -0.1) is 11.6 Å². The third kappa shape index (κ3) is 1.21. The second-order valence-corrected chi connectivity index (χ2v) is 2.12. The number of rotatable bonds is 1. The van der Waals surface area contributed by atoms with Crippen LogP contribution in [0.15, 0.2) is 0 Å². The van der Waals surface area contributed by atoms with E-state index in [1.54, 1.807) is 7.05 Å². The average Bonchev–Trinajstić information content (AvgIpc) is 2.10.